The number of rotatable bonds is 84. The Morgan fingerprint density at radius 2 is 0.438 bits per heavy atom. The van der Waals surface area contributed by atoms with E-state index in [2.05, 4.69) is 48.5 Å². The van der Waals surface area contributed by atoms with Gasteiger partial charge in [-0.25, -0.2) is 9.13 Å². The Morgan fingerprint density at radius 3 is 0.648 bits per heavy atom. The molecule has 0 aromatic carbocycles. The number of ether oxygens (including phenoxy) is 4. The maximum absolute atomic E-state index is 13.2. The third-order valence-electron chi connectivity index (χ3n) is 20.1. The van der Waals surface area contributed by atoms with Gasteiger partial charge in [-0.1, -0.05) is 402 Å². The van der Waals surface area contributed by atoms with Crippen molar-refractivity contribution in [1.29, 1.82) is 0 Å². The van der Waals surface area contributed by atoms with E-state index in [0.29, 0.717) is 25.7 Å². The second kappa shape index (κ2) is 76.1. The van der Waals surface area contributed by atoms with Crippen molar-refractivity contribution >= 4 is 39.5 Å². The van der Waals surface area contributed by atoms with Crippen LogP contribution in [0.15, 0.2) is 0 Å². The molecule has 0 aliphatic heterocycles. The fourth-order valence-electron chi connectivity index (χ4n) is 13.4. The van der Waals surface area contributed by atoms with Crippen molar-refractivity contribution in [2.45, 2.75) is 471 Å². The maximum Gasteiger partial charge on any atom is 0.472 e. The molecule has 624 valence electrons. The first-order valence-corrected chi connectivity index (χ1v) is 47.3. The lowest BCUT2D eigenvalue weighted by Crippen LogP contribution is -2.30. The van der Waals surface area contributed by atoms with Crippen LogP contribution in [0.4, 0.5) is 0 Å². The van der Waals surface area contributed by atoms with Gasteiger partial charge in [0.05, 0.1) is 26.4 Å². The van der Waals surface area contributed by atoms with Crippen molar-refractivity contribution in [1.82, 2.24) is 0 Å². The minimum atomic E-state index is -4.97. The molecule has 0 aromatic heterocycles. The highest BCUT2D eigenvalue weighted by molar-refractivity contribution is 7.47. The first kappa shape index (κ1) is 103. The summed E-state index contributed by atoms with van der Waals surface area (Å²) in [6.45, 7) is 12.0. The van der Waals surface area contributed by atoms with Crippen LogP contribution >= 0.6 is 15.6 Å². The molecule has 17 nitrogen and oxygen atoms in total. The van der Waals surface area contributed by atoms with Crippen molar-refractivity contribution in [3.05, 3.63) is 0 Å². The standard InChI is InChI=1S/C86H168O17P2/c1-8-9-10-11-12-13-14-25-33-40-48-55-62-69-85(90)103-82(74-97-84(89)68-61-54-47-42-35-38-45-52-59-66-79(6)7)76-101-105(94,95)99-72-80(87)71-98-104(92,93)100-75-81(73-96-83(88)67-60-53-46-39-32-28-23-20-19-22-27-31-37-44-51-58-65-78(4)5)102-86(91)70-63-56-49-41-34-29-24-18-16-15-17-21-26-30-36-43-50-57-64-77(2)3/h77-82,87H,8-76H2,1-7H3,(H,92,93)(H,94,95)/t80-,81-,82-/m1/s1. The molecule has 0 spiro atoms. The van der Waals surface area contributed by atoms with E-state index in [1.165, 1.54) is 263 Å². The molecule has 0 amide bonds. The van der Waals surface area contributed by atoms with Crippen LogP contribution in [0.1, 0.15) is 453 Å². The summed E-state index contributed by atoms with van der Waals surface area (Å²) >= 11 is 0. The smallest absolute Gasteiger partial charge is 0.462 e. The second-order valence-electron chi connectivity index (χ2n) is 32.4. The van der Waals surface area contributed by atoms with Crippen molar-refractivity contribution in [3.63, 3.8) is 0 Å². The number of carbonyl (C=O) groups is 4. The zero-order valence-electron chi connectivity index (χ0n) is 69.2. The van der Waals surface area contributed by atoms with Crippen LogP contribution in [-0.2, 0) is 65.4 Å². The SMILES string of the molecule is CCCCCCCCCCCCCCCC(=O)O[C@H](COC(=O)CCCCCCCCCCCC(C)C)COP(=O)(O)OC[C@H](O)COP(=O)(O)OC[C@@H](COC(=O)CCCCCCCCCCCCCCCCCCC(C)C)OC(=O)CCCCCCCCCCCCCCCCCCCCC(C)C. The van der Waals surface area contributed by atoms with Crippen molar-refractivity contribution in [2.24, 2.45) is 17.8 Å². The van der Waals surface area contributed by atoms with Crippen LogP contribution in [-0.4, -0.2) is 96.7 Å². The first-order chi connectivity index (χ1) is 50.7. The number of aliphatic hydroxyl groups is 1. The molecule has 0 bridgehead atoms. The zero-order valence-corrected chi connectivity index (χ0v) is 71.0. The summed E-state index contributed by atoms with van der Waals surface area (Å²) < 4.78 is 68.9. The van der Waals surface area contributed by atoms with E-state index in [0.717, 1.165) is 108 Å². The third kappa shape index (κ3) is 79.9. The van der Waals surface area contributed by atoms with Crippen LogP contribution in [0.25, 0.3) is 0 Å². The highest BCUT2D eigenvalue weighted by atomic mass is 31.2. The van der Waals surface area contributed by atoms with E-state index in [4.69, 9.17) is 37.0 Å². The lowest BCUT2D eigenvalue weighted by Gasteiger charge is -2.21. The van der Waals surface area contributed by atoms with Gasteiger partial charge in [-0.05, 0) is 43.4 Å². The molecule has 0 aliphatic carbocycles. The summed E-state index contributed by atoms with van der Waals surface area (Å²) in [5.74, 6) is 0.273. The Balaban J connectivity index is 5.24. The predicted molar refractivity (Wildman–Crippen MR) is 432 cm³/mol. The fourth-order valence-corrected chi connectivity index (χ4v) is 14.9. The van der Waals surface area contributed by atoms with Crippen molar-refractivity contribution in [3.8, 4) is 0 Å². The fraction of sp³-hybridized carbons (Fsp3) is 0.953. The summed E-state index contributed by atoms with van der Waals surface area (Å²) in [6, 6.07) is 0. The summed E-state index contributed by atoms with van der Waals surface area (Å²) in [4.78, 5) is 73.2. The van der Waals surface area contributed by atoms with Crippen molar-refractivity contribution in [2.75, 3.05) is 39.6 Å². The third-order valence-corrected chi connectivity index (χ3v) is 22.0. The number of aliphatic hydroxyl groups excluding tert-OH is 1. The van der Waals surface area contributed by atoms with E-state index in [1.807, 2.05) is 0 Å². The number of esters is 4. The summed E-state index contributed by atoms with van der Waals surface area (Å²) in [6.07, 6.45) is 66.6. The average Bonchev–Trinajstić information content (AvgIpc) is 0.933. The van der Waals surface area contributed by atoms with E-state index in [-0.39, 0.29) is 25.7 Å². The quantitative estimate of drug-likeness (QED) is 0.0222. The maximum atomic E-state index is 13.2. The Labute approximate surface area is 645 Å². The van der Waals surface area contributed by atoms with Gasteiger partial charge >= 0.3 is 39.5 Å². The van der Waals surface area contributed by atoms with Gasteiger partial charge in [-0.2, -0.15) is 0 Å². The largest absolute Gasteiger partial charge is 0.472 e. The van der Waals surface area contributed by atoms with Gasteiger partial charge in [0.15, 0.2) is 12.2 Å². The molecule has 105 heavy (non-hydrogen) atoms. The molecule has 0 rings (SSSR count). The Bertz CT molecular complexity index is 2030. The molecule has 19 heteroatoms. The Kier molecular flexibility index (Phi) is 74.7. The highest BCUT2D eigenvalue weighted by Crippen LogP contribution is 2.45. The molecule has 0 saturated heterocycles. The van der Waals surface area contributed by atoms with Gasteiger partial charge in [0.25, 0.3) is 0 Å². The number of hydrogen-bond acceptors (Lipinski definition) is 15. The van der Waals surface area contributed by atoms with Gasteiger partial charge in [0, 0.05) is 25.7 Å². The molecule has 0 aromatic rings. The van der Waals surface area contributed by atoms with E-state index >= 15 is 0 Å². The molecule has 3 N–H and O–H groups in total. The Morgan fingerprint density at radius 1 is 0.257 bits per heavy atom. The van der Waals surface area contributed by atoms with Crippen LogP contribution in [0, 0.1) is 17.8 Å². The van der Waals surface area contributed by atoms with Crippen LogP contribution < -0.4 is 0 Å². The number of unbranched alkanes of at least 4 members (excludes halogenated alkanes) is 52. The lowest BCUT2D eigenvalue weighted by atomic mass is 10.0. The van der Waals surface area contributed by atoms with E-state index in [1.54, 1.807) is 0 Å². The average molecular weight is 1540 g/mol. The monoisotopic (exact) mass is 1540 g/mol. The molecule has 2 unspecified atom stereocenters. The summed E-state index contributed by atoms with van der Waals surface area (Å²) in [7, 11) is -9.93. The molecule has 0 fully saturated rings. The van der Waals surface area contributed by atoms with Gasteiger partial charge in [0.1, 0.15) is 19.3 Å². The topological polar surface area (TPSA) is 237 Å². The van der Waals surface area contributed by atoms with Gasteiger partial charge in [-0.15, -0.1) is 0 Å². The van der Waals surface area contributed by atoms with E-state index < -0.39 is 97.5 Å². The minimum absolute atomic E-state index is 0.107. The molecule has 0 aliphatic rings. The molecule has 5 atom stereocenters. The molecule has 0 radical (unpaired) electrons. The number of hydrogen-bond donors (Lipinski definition) is 3. The lowest BCUT2D eigenvalue weighted by molar-refractivity contribution is -0.161. The van der Waals surface area contributed by atoms with E-state index in [9.17, 15) is 43.2 Å². The number of carbonyl (C=O) groups excluding carboxylic acids is 4. The number of phosphoric ester groups is 2. The molecule has 0 heterocycles. The minimum Gasteiger partial charge on any atom is -0.462 e. The van der Waals surface area contributed by atoms with Crippen LogP contribution in [0.5, 0.6) is 0 Å². The van der Waals surface area contributed by atoms with Gasteiger partial charge < -0.3 is 33.8 Å². The second-order valence-corrected chi connectivity index (χ2v) is 35.3. The normalized spacial score (nSPS) is 13.9. The molecular formula is C86H168O17P2. The molecular weight excluding hydrogens is 1370 g/mol. The Hall–Kier alpha value is -1.94. The molecule has 0 saturated carbocycles. The van der Waals surface area contributed by atoms with Gasteiger partial charge in [0.2, 0.25) is 0 Å². The zero-order chi connectivity index (χ0) is 77.2. The summed E-state index contributed by atoms with van der Waals surface area (Å²) in [5, 5.41) is 10.7. The number of phosphoric acid groups is 2. The predicted octanol–water partition coefficient (Wildman–Crippen LogP) is 26.1. The van der Waals surface area contributed by atoms with Gasteiger partial charge in [-0.3, -0.25) is 37.3 Å². The first-order valence-electron chi connectivity index (χ1n) is 44.3. The van der Waals surface area contributed by atoms with Crippen molar-refractivity contribution < 1.29 is 80.2 Å². The van der Waals surface area contributed by atoms with Crippen LogP contribution in [0.2, 0.25) is 0 Å². The summed E-state index contributed by atoms with van der Waals surface area (Å²) in [5.41, 5.74) is 0. The van der Waals surface area contributed by atoms with Crippen LogP contribution in [0.3, 0.4) is 0 Å². The highest BCUT2D eigenvalue weighted by Gasteiger charge is 2.30.